The van der Waals surface area contributed by atoms with E-state index in [9.17, 15) is 9.18 Å². The Morgan fingerprint density at radius 1 is 1.31 bits per heavy atom. The highest BCUT2D eigenvalue weighted by Gasteiger charge is 2.21. The highest BCUT2D eigenvalue weighted by atomic mass is 35.5. The number of anilines is 2. The minimum absolute atomic E-state index is 0.157. The van der Waals surface area contributed by atoms with Gasteiger partial charge in [-0.2, -0.15) is 0 Å². The number of hydrogen-bond donors (Lipinski definition) is 1. The standard InChI is InChI=1S/C19H18ClFN2O2S/c1-23(2)15-8-7-11(9-13(15)20)22-19(24)18-12(10-25-3)17-14(21)5-4-6-16(17)26-18/h4-9H,10H2,1-3H3,(H,22,24). The number of benzene rings is 2. The zero-order valence-electron chi connectivity index (χ0n) is 14.6. The van der Waals surface area contributed by atoms with Gasteiger partial charge >= 0.3 is 0 Å². The molecular weight excluding hydrogens is 375 g/mol. The number of fused-ring (bicyclic) bond motifs is 1. The van der Waals surface area contributed by atoms with Crippen molar-refractivity contribution in [3.05, 3.63) is 57.7 Å². The second-order valence-corrected chi connectivity index (χ2v) is 7.43. The quantitative estimate of drug-likeness (QED) is 0.652. The molecule has 136 valence electrons. The first-order valence-corrected chi connectivity index (χ1v) is 9.09. The molecule has 1 aromatic heterocycles. The van der Waals surface area contributed by atoms with Gasteiger partial charge in [-0.05, 0) is 30.3 Å². The van der Waals surface area contributed by atoms with Gasteiger partial charge in [0.2, 0.25) is 0 Å². The molecule has 0 bridgehead atoms. The maximum Gasteiger partial charge on any atom is 0.266 e. The number of thiophene rings is 1. The van der Waals surface area contributed by atoms with E-state index in [1.54, 1.807) is 24.3 Å². The van der Waals surface area contributed by atoms with Crippen LogP contribution in [0.25, 0.3) is 10.1 Å². The average Bonchev–Trinajstić information content (AvgIpc) is 2.95. The monoisotopic (exact) mass is 392 g/mol. The van der Waals surface area contributed by atoms with Crippen molar-refractivity contribution in [1.82, 2.24) is 0 Å². The summed E-state index contributed by atoms with van der Waals surface area (Å²) in [5.74, 6) is -0.672. The molecule has 0 aliphatic carbocycles. The van der Waals surface area contributed by atoms with Crippen LogP contribution in [0.5, 0.6) is 0 Å². The molecule has 3 aromatic rings. The van der Waals surface area contributed by atoms with Crippen LogP contribution in [-0.4, -0.2) is 27.1 Å². The van der Waals surface area contributed by atoms with E-state index in [1.807, 2.05) is 25.1 Å². The molecule has 0 fully saturated rings. The van der Waals surface area contributed by atoms with E-state index in [0.717, 1.165) is 5.69 Å². The van der Waals surface area contributed by atoms with Crippen molar-refractivity contribution in [3.63, 3.8) is 0 Å². The molecule has 0 radical (unpaired) electrons. The molecule has 0 unspecified atom stereocenters. The molecular formula is C19H18ClFN2O2S. The summed E-state index contributed by atoms with van der Waals surface area (Å²) in [7, 11) is 5.30. The SMILES string of the molecule is COCc1c(C(=O)Nc2ccc(N(C)C)c(Cl)c2)sc2cccc(F)c12. The van der Waals surface area contributed by atoms with Crippen molar-refractivity contribution in [2.24, 2.45) is 0 Å². The molecule has 26 heavy (non-hydrogen) atoms. The molecule has 0 aliphatic heterocycles. The van der Waals surface area contributed by atoms with Crippen molar-refractivity contribution in [2.75, 3.05) is 31.4 Å². The largest absolute Gasteiger partial charge is 0.380 e. The lowest BCUT2D eigenvalue weighted by Crippen LogP contribution is -2.13. The fourth-order valence-corrected chi connectivity index (χ4v) is 4.23. The van der Waals surface area contributed by atoms with E-state index in [1.165, 1.54) is 24.5 Å². The van der Waals surface area contributed by atoms with Crippen molar-refractivity contribution < 1.29 is 13.9 Å². The van der Waals surface area contributed by atoms with Gasteiger partial charge in [0.25, 0.3) is 5.91 Å². The van der Waals surface area contributed by atoms with Crippen molar-refractivity contribution >= 4 is 50.3 Å². The second-order valence-electron chi connectivity index (χ2n) is 5.97. The maximum absolute atomic E-state index is 14.2. The van der Waals surface area contributed by atoms with E-state index in [-0.39, 0.29) is 18.3 Å². The summed E-state index contributed by atoms with van der Waals surface area (Å²) in [6.45, 7) is 0.157. The highest BCUT2D eigenvalue weighted by Crippen LogP contribution is 2.35. The number of nitrogens with zero attached hydrogens (tertiary/aromatic N) is 1. The zero-order chi connectivity index (χ0) is 18.8. The smallest absolute Gasteiger partial charge is 0.266 e. The Morgan fingerprint density at radius 2 is 2.08 bits per heavy atom. The Bertz CT molecular complexity index is 972. The topological polar surface area (TPSA) is 41.6 Å². The number of halogens is 2. The summed E-state index contributed by atoms with van der Waals surface area (Å²) in [5, 5.41) is 3.81. The van der Waals surface area contributed by atoms with Crippen molar-refractivity contribution in [3.8, 4) is 0 Å². The summed E-state index contributed by atoms with van der Waals surface area (Å²) in [6, 6.07) is 10.1. The number of methoxy groups -OCH3 is 1. The molecule has 3 rings (SSSR count). The Morgan fingerprint density at radius 3 is 2.73 bits per heavy atom. The van der Waals surface area contributed by atoms with Crippen LogP contribution in [0, 0.1) is 5.82 Å². The van der Waals surface area contributed by atoms with Crippen LogP contribution in [0.15, 0.2) is 36.4 Å². The van der Waals surface area contributed by atoms with Crippen LogP contribution in [0.3, 0.4) is 0 Å². The fraction of sp³-hybridized carbons (Fsp3) is 0.211. The van der Waals surface area contributed by atoms with Gasteiger partial charge in [0.05, 0.1) is 22.2 Å². The van der Waals surface area contributed by atoms with Crippen LogP contribution in [0.2, 0.25) is 5.02 Å². The first kappa shape index (κ1) is 18.6. The molecule has 4 nitrogen and oxygen atoms in total. The molecule has 0 aliphatic rings. The fourth-order valence-electron chi connectivity index (χ4n) is 2.77. The first-order valence-electron chi connectivity index (χ1n) is 7.89. The third kappa shape index (κ3) is 3.53. The lowest BCUT2D eigenvalue weighted by molar-refractivity contribution is 0.102. The number of rotatable bonds is 5. The molecule has 1 N–H and O–H groups in total. The van der Waals surface area contributed by atoms with Gasteiger partial charge in [0.1, 0.15) is 5.82 Å². The van der Waals surface area contributed by atoms with Gasteiger partial charge in [0.15, 0.2) is 0 Å². The van der Waals surface area contributed by atoms with E-state index in [4.69, 9.17) is 16.3 Å². The third-order valence-electron chi connectivity index (χ3n) is 3.95. The van der Waals surface area contributed by atoms with Crippen LogP contribution < -0.4 is 10.2 Å². The zero-order valence-corrected chi connectivity index (χ0v) is 16.2. The predicted octanol–water partition coefficient (Wildman–Crippen LogP) is 5.16. The normalized spacial score (nSPS) is 11.0. The summed E-state index contributed by atoms with van der Waals surface area (Å²) in [4.78, 5) is 15.1. The van der Waals surface area contributed by atoms with Crippen LogP contribution in [0.1, 0.15) is 15.2 Å². The predicted molar refractivity (Wildman–Crippen MR) is 106 cm³/mol. The van der Waals surface area contributed by atoms with E-state index >= 15 is 0 Å². The Balaban J connectivity index is 1.96. The van der Waals surface area contributed by atoms with Crippen LogP contribution in [0.4, 0.5) is 15.8 Å². The minimum atomic E-state index is -0.358. The van der Waals surface area contributed by atoms with E-state index in [0.29, 0.717) is 31.2 Å². The molecule has 0 atom stereocenters. The highest BCUT2D eigenvalue weighted by molar-refractivity contribution is 7.21. The summed E-state index contributed by atoms with van der Waals surface area (Å²) in [5.41, 5.74) is 1.99. The first-order chi connectivity index (χ1) is 12.4. The summed E-state index contributed by atoms with van der Waals surface area (Å²) in [6.07, 6.45) is 0. The average molecular weight is 393 g/mol. The molecule has 0 saturated carbocycles. The summed E-state index contributed by atoms with van der Waals surface area (Å²) < 4.78 is 20.1. The van der Waals surface area contributed by atoms with Gasteiger partial charge in [-0.1, -0.05) is 17.7 Å². The molecule has 0 spiro atoms. The van der Waals surface area contributed by atoms with Gasteiger partial charge in [-0.3, -0.25) is 4.79 Å². The van der Waals surface area contributed by atoms with Crippen LogP contribution >= 0.6 is 22.9 Å². The molecule has 7 heteroatoms. The van der Waals surface area contributed by atoms with Gasteiger partial charge in [0, 0.05) is 42.5 Å². The molecule has 2 aromatic carbocycles. The number of carbonyl (C=O) groups is 1. The number of ether oxygens (including phenoxy) is 1. The Labute approximate surface area is 160 Å². The van der Waals surface area contributed by atoms with Crippen LogP contribution in [-0.2, 0) is 11.3 Å². The number of hydrogen-bond acceptors (Lipinski definition) is 4. The third-order valence-corrected chi connectivity index (χ3v) is 5.44. The van der Waals surface area contributed by atoms with Crippen molar-refractivity contribution in [2.45, 2.75) is 6.61 Å². The number of amides is 1. The molecule has 1 heterocycles. The molecule has 0 saturated heterocycles. The molecule has 1 amide bonds. The van der Waals surface area contributed by atoms with E-state index in [2.05, 4.69) is 5.32 Å². The van der Waals surface area contributed by atoms with Gasteiger partial charge in [-0.25, -0.2) is 4.39 Å². The van der Waals surface area contributed by atoms with Gasteiger partial charge < -0.3 is 15.0 Å². The maximum atomic E-state index is 14.2. The van der Waals surface area contributed by atoms with E-state index < -0.39 is 0 Å². The Kier molecular flexibility index (Phi) is 5.46. The lowest BCUT2D eigenvalue weighted by Gasteiger charge is -2.15. The van der Waals surface area contributed by atoms with Gasteiger partial charge in [-0.15, -0.1) is 11.3 Å². The van der Waals surface area contributed by atoms with Crippen molar-refractivity contribution in [1.29, 1.82) is 0 Å². The number of carbonyl (C=O) groups excluding carboxylic acids is 1. The minimum Gasteiger partial charge on any atom is -0.380 e. The second kappa shape index (κ2) is 7.61. The lowest BCUT2D eigenvalue weighted by atomic mass is 10.1. The Hall–Kier alpha value is -2.15. The number of nitrogens with one attached hydrogen (secondary N) is 1. The summed E-state index contributed by atoms with van der Waals surface area (Å²) >= 11 is 7.50.